The molecular weight excluding hydrogens is 266 g/mol. The van der Waals surface area contributed by atoms with Crippen LogP contribution in [-0.4, -0.2) is 24.2 Å². The summed E-state index contributed by atoms with van der Waals surface area (Å²) in [7, 11) is 1.68. The summed E-state index contributed by atoms with van der Waals surface area (Å²) >= 11 is 0. The van der Waals surface area contributed by atoms with Crippen LogP contribution < -0.4 is 5.73 Å². The van der Waals surface area contributed by atoms with Crippen LogP contribution in [0.4, 0.5) is 0 Å². The van der Waals surface area contributed by atoms with Crippen molar-refractivity contribution < 1.29 is 14.6 Å². The van der Waals surface area contributed by atoms with E-state index in [4.69, 9.17) is 15.6 Å². The summed E-state index contributed by atoms with van der Waals surface area (Å²) in [5, 5.41) is 8.81. The number of nitrogens with two attached hydrogens (primary N) is 1. The third kappa shape index (κ3) is 4.15. The molecule has 1 unspecified atom stereocenters. The molecule has 4 heteroatoms. The Morgan fingerprint density at radius 3 is 1.95 bits per heavy atom. The third-order valence-corrected chi connectivity index (χ3v) is 3.33. The Hall–Kier alpha value is -2.17. The van der Waals surface area contributed by atoms with Crippen molar-refractivity contribution in [2.75, 3.05) is 7.11 Å². The molecule has 0 heterocycles. The fourth-order valence-corrected chi connectivity index (χ4v) is 2.13. The van der Waals surface area contributed by atoms with Gasteiger partial charge in [-0.15, -0.1) is 0 Å². The van der Waals surface area contributed by atoms with Crippen molar-refractivity contribution >= 4 is 5.97 Å². The van der Waals surface area contributed by atoms with Gasteiger partial charge in [-0.3, -0.25) is 4.79 Å². The molecule has 0 spiro atoms. The molecule has 21 heavy (non-hydrogen) atoms. The Labute approximate surface area is 124 Å². The zero-order chi connectivity index (χ0) is 15.2. The maximum absolute atomic E-state index is 10.7. The molecule has 0 fully saturated rings. The Kier molecular flexibility index (Phi) is 5.09. The van der Waals surface area contributed by atoms with Gasteiger partial charge in [-0.05, 0) is 28.7 Å². The first-order valence-corrected chi connectivity index (χ1v) is 6.75. The first-order valence-electron chi connectivity index (χ1n) is 6.75. The lowest BCUT2D eigenvalue weighted by Gasteiger charge is -2.08. The van der Waals surface area contributed by atoms with E-state index in [0.29, 0.717) is 13.0 Å². The van der Waals surface area contributed by atoms with Gasteiger partial charge in [0.25, 0.3) is 0 Å². The standard InChI is InChI=1S/C17H19NO3/c1-21-11-13-4-8-15(9-5-13)14-6-2-12(3-7-14)10-16(18)17(19)20/h2-9,16H,10-11,18H2,1H3,(H,19,20). The van der Waals surface area contributed by atoms with Crippen molar-refractivity contribution in [2.24, 2.45) is 5.73 Å². The summed E-state index contributed by atoms with van der Waals surface area (Å²) in [6.45, 7) is 0.603. The quantitative estimate of drug-likeness (QED) is 0.855. The van der Waals surface area contributed by atoms with E-state index in [1.165, 1.54) is 0 Å². The smallest absolute Gasteiger partial charge is 0.320 e. The van der Waals surface area contributed by atoms with Gasteiger partial charge in [0.2, 0.25) is 0 Å². The van der Waals surface area contributed by atoms with Gasteiger partial charge in [0.1, 0.15) is 6.04 Å². The molecule has 2 aromatic rings. The predicted octanol–water partition coefficient (Wildman–Crippen LogP) is 2.45. The van der Waals surface area contributed by atoms with Gasteiger partial charge >= 0.3 is 5.97 Å². The Morgan fingerprint density at radius 1 is 1.05 bits per heavy atom. The van der Waals surface area contributed by atoms with E-state index in [1.54, 1.807) is 7.11 Å². The highest BCUT2D eigenvalue weighted by Crippen LogP contribution is 2.21. The molecule has 0 radical (unpaired) electrons. The van der Waals surface area contributed by atoms with Crippen molar-refractivity contribution in [3.63, 3.8) is 0 Å². The van der Waals surface area contributed by atoms with E-state index in [1.807, 2.05) is 48.5 Å². The maximum atomic E-state index is 10.7. The number of ether oxygens (including phenoxy) is 1. The lowest BCUT2D eigenvalue weighted by Crippen LogP contribution is -2.32. The van der Waals surface area contributed by atoms with Crippen molar-refractivity contribution in [2.45, 2.75) is 19.1 Å². The molecular formula is C17H19NO3. The number of carboxylic acids is 1. The SMILES string of the molecule is COCc1ccc(-c2ccc(CC(N)C(=O)O)cc2)cc1. The van der Waals surface area contributed by atoms with Crippen molar-refractivity contribution in [1.82, 2.24) is 0 Å². The van der Waals surface area contributed by atoms with Crippen molar-refractivity contribution in [1.29, 1.82) is 0 Å². The average molecular weight is 285 g/mol. The molecule has 0 aromatic heterocycles. The fraction of sp³-hybridized carbons (Fsp3) is 0.235. The summed E-state index contributed by atoms with van der Waals surface area (Å²) in [6.07, 6.45) is 0.336. The van der Waals surface area contributed by atoms with Gasteiger partial charge in [-0.1, -0.05) is 48.5 Å². The number of benzene rings is 2. The number of carbonyl (C=O) groups is 1. The molecule has 4 nitrogen and oxygen atoms in total. The molecule has 1 atom stereocenters. The van der Waals surface area contributed by atoms with Crippen LogP contribution in [0.5, 0.6) is 0 Å². The van der Waals surface area contributed by atoms with Crippen LogP contribution >= 0.6 is 0 Å². The van der Waals surface area contributed by atoms with Gasteiger partial charge < -0.3 is 15.6 Å². The van der Waals surface area contributed by atoms with E-state index in [2.05, 4.69) is 0 Å². The maximum Gasteiger partial charge on any atom is 0.320 e. The van der Waals surface area contributed by atoms with E-state index < -0.39 is 12.0 Å². The summed E-state index contributed by atoms with van der Waals surface area (Å²) in [4.78, 5) is 10.7. The second kappa shape index (κ2) is 7.02. The molecule has 0 aliphatic heterocycles. The molecule has 3 N–H and O–H groups in total. The molecule has 0 aliphatic carbocycles. The topological polar surface area (TPSA) is 72.5 Å². The number of rotatable bonds is 6. The Morgan fingerprint density at radius 2 is 1.52 bits per heavy atom. The second-order valence-corrected chi connectivity index (χ2v) is 4.98. The van der Waals surface area contributed by atoms with E-state index in [0.717, 1.165) is 22.3 Å². The molecule has 0 aliphatic rings. The third-order valence-electron chi connectivity index (χ3n) is 3.33. The highest BCUT2D eigenvalue weighted by atomic mass is 16.5. The van der Waals surface area contributed by atoms with Gasteiger partial charge in [-0.25, -0.2) is 0 Å². The van der Waals surface area contributed by atoms with Crippen LogP contribution in [0.3, 0.4) is 0 Å². The normalized spacial score (nSPS) is 12.1. The summed E-state index contributed by atoms with van der Waals surface area (Å²) in [5.41, 5.74) is 9.79. The van der Waals surface area contributed by atoms with E-state index >= 15 is 0 Å². The molecule has 0 amide bonds. The number of methoxy groups -OCH3 is 1. The first-order chi connectivity index (χ1) is 10.1. The zero-order valence-electron chi connectivity index (χ0n) is 12.0. The largest absolute Gasteiger partial charge is 0.480 e. The van der Waals surface area contributed by atoms with Crippen LogP contribution in [0.2, 0.25) is 0 Å². The van der Waals surface area contributed by atoms with Crippen LogP contribution in [0, 0.1) is 0 Å². The monoisotopic (exact) mass is 285 g/mol. The molecule has 0 saturated heterocycles. The van der Waals surface area contributed by atoms with Gasteiger partial charge in [-0.2, -0.15) is 0 Å². The highest BCUT2D eigenvalue weighted by molar-refractivity contribution is 5.73. The average Bonchev–Trinajstić information content (AvgIpc) is 2.49. The van der Waals surface area contributed by atoms with Crippen LogP contribution in [0.15, 0.2) is 48.5 Å². The van der Waals surface area contributed by atoms with Crippen LogP contribution in [0.1, 0.15) is 11.1 Å². The van der Waals surface area contributed by atoms with Gasteiger partial charge in [0.05, 0.1) is 6.61 Å². The van der Waals surface area contributed by atoms with E-state index in [9.17, 15) is 4.79 Å². The Balaban J connectivity index is 2.09. The lowest BCUT2D eigenvalue weighted by molar-refractivity contribution is -0.138. The minimum Gasteiger partial charge on any atom is -0.480 e. The number of hydrogen-bond donors (Lipinski definition) is 2. The molecule has 2 aromatic carbocycles. The summed E-state index contributed by atoms with van der Waals surface area (Å²) in [5.74, 6) is -0.979. The number of carboxylic acid groups (broad SMARTS) is 1. The second-order valence-electron chi connectivity index (χ2n) is 4.98. The van der Waals surface area contributed by atoms with Crippen molar-refractivity contribution in [3.05, 3.63) is 59.7 Å². The molecule has 0 bridgehead atoms. The number of aliphatic carboxylic acids is 1. The predicted molar refractivity (Wildman–Crippen MR) is 81.9 cm³/mol. The highest BCUT2D eigenvalue weighted by Gasteiger charge is 2.11. The fourth-order valence-electron chi connectivity index (χ4n) is 2.13. The lowest BCUT2D eigenvalue weighted by atomic mass is 10.00. The zero-order valence-corrected chi connectivity index (χ0v) is 12.0. The van der Waals surface area contributed by atoms with Crippen LogP contribution in [-0.2, 0) is 22.6 Å². The summed E-state index contributed by atoms with van der Waals surface area (Å²) < 4.78 is 5.09. The van der Waals surface area contributed by atoms with Crippen LogP contribution in [0.25, 0.3) is 11.1 Å². The van der Waals surface area contributed by atoms with Gasteiger partial charge in [0, 0.05) is 7.11 Å². The molecule has 0 saturated carbocycles. The van der Waals surface area contributed by atoms with E-state index in [-0.39, 0.29) is 0 Å². The Bertz CT molecular complexity index is 590. The van der Waals surface area contributed by atoms with Crippen molar-refractivity contribution in [3.8, 4) is 11.1 Å². The number of hydrogen-bond acceptors (Lipinski definition) is 3. The first kappa shape index (κ1) is 15.2. The summed E-state index contributed by atoms with van der Waals surface area (Å²) in [6, 6.07) is 15.1. The minimum atomic E-state index is -0.979. The molecule has 2 rings (SSSR count). The van der Waals surface area contributed by atoms with Gasteiger partial charge in [0.15, 0.2) is 0 Å². The molecule has 110 valence electrons. The minimum absolute atomic E-state index is 0.336.